The van der Waals surface area contributed by atoms with Crippen LogP contribution in [0.25, 0.3) is 0 Å². The maximum atomic E-state index is 4.40. The molecule has 0 bridgehead atoms. The van der Waals surface area contributed by atoms with Crippen LogP contribution in [0.4, 0.5) is 0 Å². The Bertz CT molecular complexity index is 317. The van der Waals surface area contributed by atoms with Crippen molar-refractivity contribution in [3.63, 3.8) is 0 Å². The highest BCUT2D eigenvalue weighted by molar-refractivity contribution is 5.09. The molecule has 1 rings (SSSR count). The third-order valence-corrected chi connectivity index (χ3v) is 3.33. The molecule has 0 fully saturated rings. The summed E-state index contributed by atoms with van der Waals surface area (Å²) in [7, 11) is 2.03. The van der Waals surface area contributed by atoms with Gasteiger partial charge in [-0.25, -0.2) is 0 Å². The Kier molecular flexibility index (Phi) is 5.00. The number of hydrogen-bond acceptors (Lipinski definition) is 2. The minimum Gasteiger partial charge on any atom is -0.314 e. The first-order chi connectivity index (χ1) is 7.58. The molecular formula is C13H25N3. The molecule has 92 valence electrons. The van der Waals surface area contributed by atoms with Crippen LogP contribution >= 0.6 is 0 Å². The van der Waals surface area contributed by atoms with Crippen LogP contribution in [0.1, 0.15) is 38.6 Å². The molecular weight excluding hydrogens is 198 g/mol. The molecule has 16 heavy (non-hydrogen) atoms. The third kappa shape index (κ3) is 3.34. The van der Waals surface area contributed by atoms with Gasteiger partial charge in [0.2, 0.25) is 0 Å². The fourth-order valence-corrected chi connectivity index (χ4v) is 2.29. The van der Waals surface area contributed by atoms with Gasteiger partial charge >= 0.3 is 0 Å². The van der Waals surface area contributed by atoms with Gasteiger partial charge in [0, 0.05) is 18.8 Å². The average Bonchev–Trinajstić information content (AvgIpc) is 2.54. The molecule has 2 unspecified atom stereocenters. The fourth-order valence-electron chi connectivity index (χ4n) is 2.29. The Labute approximate surface area is 99.2 Å². The van der Waals surface area contributed by atoms with E-state index >= 15 is 0 Å². The van der Waals surface area contributed by atoms with Crippen molar-refractivity contribution in [3.05, 3.63) is 17.5 Å². The molecule has 1 heterocycles. The second kappa shape index (κ2) is 6.04. The predicted octanol–water partition coefficient (Wildman–Crippen LogP) is 2.30. The third-order valence-electron chi connectivity index (χ3n) is 3.33. The van der Waals surface area contributed by atoms with E-state index in [1.807, 2.05) is 11.7 Å². The molecule has 0 spiro atoms. The minimum atomic E-state index is 0.574. The van der Waals surface area contributed by atoms with Crippen LogP contribution in [-0.4, -0.2) is 22.4 Å². The monoisotopic (exact) mass is 223 g/mol. The van der Waals surface area contributed by atoms with Crippen molar-refractivity contribution in [1.29, 1.82) is 0 Å². The van der Waals surface area contributed by atoms with E-state index in [2.05, 4.69) is 44.2 Å². The summed E-state index contributed by atoms with van der Waals surface area (Å²) in [4.78, 5) is 0. The molecule has 0 saturated heterocycles. The summed E-state index contributed by atoms with van der Waals surface area (Å²) in [5.41, 5.74) is 2.46. The van der Waals surface area contributed by atoms with Crippen LogP contribution in [0.5, 0.6) is 0 Å². The Balaban J connectivity index is 2.66. The maximum Gasteiger partial charge on any atom is 0.0596 e. The summed E-state index contributed by atoms with van der Waals surface area (Å²) in [5, 5.41) is 7.91. The molecule has 0 aliphatic heterocycles. The number of aromatic nitrogens is 2. The van der Waals surface area contributed by atoms with Gasteiger partial charge in [0.25, 0.3) is 0 Å². The van der Waals surface area contributed by atoms with E-state index in [-0.39, 0.29) is 0 Å². The molecule has 1 aromatic rings. The smallest absolute Gasteiger partial charge is 0.0596 e. The van der Waals surface area contributed by atoms with Crippen molar-refractivity contribution in [2.75, 3.05) is 6.54 Å². The first-order valence-corrected chi connectivity index (χ1v) is 6.31. The summed E-state index contributed by atoms with van der Waals surface area (Å²) in [6, 6.07) is 2.77. The molecule has 0 radical (unpaired) electrons. The maximum absolute atomic E-state index is 4.40. The zero-order chi connectivity index (χ0) is 12.1. The normalized spacial score (nSPS) is 15.1. The second-order valence-electron chi connectivity index (χ2n) is 4.62. The summed E-state index contributed by atoms with van der Waals surface area (Å²) >= 11 is 0. The average molecular weight is 223 g/mol. The van der Waals surface area contributed by atoms with Crippen LogP contribution in [0.3, 0.4) is 0 Å². The Morgan fingerprint density at radius 3 is 2.56 bits per heavy atom. The van der Waals surface area contributed by atoms with Gasteiger partial charge in [-0.1, -0.05) is 20.3 Å². The molecule has 1 N–H and O–H groups in total. The highest BCUT2D eigenvalue weighted by Gasteiger charge is 2.16. The molecule has 3 nitrogen and oxygen atoms in total. The Morgan fingerprint density at radius 2 is 2.12 bits per heavy atom. The van der Waals surface area contributed by atoms with Gasteiger partial charge in [-0.15, -0.1) is 0 Å². The van der Waals surface area contributed by atoms with Gasteiger partial charge in [-0.05, 0) is 38.8 Å². The van der Waals surface area contributed by atoms with E-state index in [0.717, 1.165) is 18.7 Å². The zero-order valence-corrected chi connectivity index (χ0v) is 11.2. The van der Waals surface area contributed by atoms with Crippen molar-refractivity contribution in [2.45, 2.75) is 46.6 Å². The molecule has 0 aliphatic carbocycles. The first kappa shape index (κ1) is 13.2. The van der Waals surface area contributed by atoms with E-state index in [9.17, 15) is 0 Å². The summed E-state index contributed by atoms with van der Waals surface area (Å²) < 4.78 is 2.01. The molecule has 0 aliphatic rings. The zero-order valence-electron chi connectivity index (χ0n) is 11.2. The van der Waals surface area contributed by atoms with E-state index in [1.165, 1.54) is 12.1 Å². The molecule has 3 heteroatoms. The van der Waals surface area contributed by atoms with Crippen LogP contribution in [0, 0.1) is 12.8 Å². The fraction of sp³-hybridized carbons (Fsp3) is 0.769. The first-order valence-electron chi connectivity index (χ1n) is 6.31. The quantitative estimate of drug-likeness (QED) is 0.802. The van der Waals surface area contributed by atoms with Gasteiger partial charge in [0.05, 0.1) is 5.69 Å². The van der Waals surface area contributed by atoms with Gasteiger partial charge in [0.1, 0.15) is 0 Å². The molecule has 2 atom stereocenters. The van der Waals surface area contributed by atoms with Crippen LogP contribution in [0.15, 0.2) is 6.07 Å². The largest absolute Gasteiger partial charge is 0.314 e. The van der Waals surface area contributed by atoms with E-state index in [0.29, 0.717) is 12.0 Å². The topological polar surface area (TPSA) is 29.9 Å². The standard InChI is InChI=1S/C13H25N3/c1-6-12(11(4)14-7-2)9-13-8-10(3)15-16(13)5/h8,11-12,14H,6-7,9H2,1-5H3. The highest BCUT2D eigenvalue weighted by atomic mass is 15.3. The number of nitrogens with one attached hydrogen (secondary N) is 1. The lowest BCUT2D eigenvalue weighted by Crippen LogP contribution is -2.34. The molecule has 0 aromatic carbocycles. The lowest BCUT2D eigenvalue weighted by molar-refractivity contribution is 0.361. The van der Waals surface area contributed by atoms with Crippen LogP contribution < -0.4 is 5.32 Å². The van der Waals surface area contributed by atoms with Crippen LogP contribution in [-0.2, 0) is 13.5 Å². The summed E-state index contributed by atoms with van der Waals surface area (Å²) in [6.07, 6.45) is 2.32. The van der Waals surface area contributed by atoms with Gasteiger partial charge < -0.3 is 5.32 Å². The predicted molar refractivity (Wildman–Crippen MR) is 68.6 cm³/mol. The lowest BCUT2D eigenvalue weighted by Gasteiger charge is -2.23. The van der Waals surface area contributed by atoms with E-state index < -0.39 is 0 Å². The van der Waals surface area contributed by atoms with Gasteiger partial charge in [0.15, 0.2) is 0 Å². The van der Waals surface area contributed by atoms with Crippen molar-refractivity contribution >= 4 is 0 Å². The van der Waals surface area contributed by atoms with Crippen LogP contribution in [0.2, 0.25) is 0 Å². The lowest BCUT2D eigenvalue weighted by atomic mass is 9.93. The highest BCUT2D eigenvalue weighted by Crippen LogP contribution is 2.16. The minimum absolute atomic E-state index is 0.574. The van der Waals surface area contributed by atoms with Crippen molar-refractivity contribution in [1.82, 2.24) is 15.1 Å². The van der Waals surface area contributed by atoms with Crippen molar-refractivity contribution < 1.29 is 0 Å². The number of aryl methyl sites for hydroxylation is 2. The van der Waals surface area contributed by atoms with Gasteiger partial charge in [-0.3, -0.25) is 4.68 Å². The SMILES string of the molecule is CCNC(C)C(CC)Cc1cc(C)nn1C. The van der Waals surface area contributed by atoms with E-state index in [4.69, 9.17) is 0 Å². The van der Waals surface area contributed by atoms with Gasteiger partial charge in [-0.2, -0.15) is 5.10 Å². The van der Waals surface area contributed by atoms with E-state index in [1.54, 1.807) is 0 Å². The number of nitrogens with zero attached hydrogens (tertiary/aromatic N) is 2. The molecule has 1 aromatic heterocycles. The van der Waals surface area contributed by atoms with Crippen molar-refractivity contribution in [2.24, 2.45) is 13.0 Å². The number of hydrogen-bond donors (Lipinski definition) is 1. The molecule has 0 amide bonds. The second-order valence-corrected chi connectivity index (χ2v) is 4.62. The Morgan fingerprint density at radius 1 is 1.44 bits per heavy atom. The summed E-state index contributed by atoms with van der Waals surface area (Å²) in [5.74, 6) is 0.690. The Hall–Kier alpha value is -0.830. The summed E-state index contributed by atoms with van der Waals surface area (Å²) in [6.45, 7) is 9.81. The van der Waals surface area contributed by atoms with Crippen molar-refractivity contribution in [3.8, 4) is 0 Å². The molecule has 0 saturated carbocycles. The number of rotatable bonds is 6.